The summed E-state index contributed by atoms with van der Waals surface area (Å²) in [6, 6.07) is 3.95. The first-order chi connectivity index (χ1) is 12.9. The van der Waals surface area contributed by atoms with Crippen LogP contribution >= 0.6 is 0 Å². The highest BCUT2D eigenvalue weighted by Crippen LogP contribution is 2.34. The molecule has 27 heavy (non-hydrogen) atoms. The van der Waals surface area contributed by atoms with E-state index in [1.54, 1.807) is 14.2 Å². The van der Waals surface area contributed by atoms with Gasteiger partial charge in [-0.3, -0.25) is 9.59 Å². The van der Waals surface area contributed by atoms with Crippen LogP contribution in [0.3, 0.4) is 0 Å². The maximum absolute atomic E-state index is 13.0. The van der Waals surface area contributed by atoms with Gasteiger partial charge in [0.15, 0.2) is 11.5 Å². The maximum atomic E-state index is 13.0. The number of amides is 2. The topological polar surface area (TPSA) is 62.3 Å². The quantitative estimate of drug-likeness (QED) is 0.742. The Morgan fingerprint density at radius 3 is 2.48 bits per heavy atom. The van der Waals surface area contributed by atoms with Crippen LogP contribution < -0.4 is 9.47 Å². The zero-order valence-electron chi connectivity index (χ0n) is 16.7. The summed E-state index contributed by atoms with van der Waals surface area (Å²) in [5.74, 6) is 1.32. The number of carbonyl (C=O) groups excluding carboxylic acids is 2. The normalized spacial score (nSPS) is 19.4. The first kappa shape index (κ1) is 19.5. The number of benzene rings is 1. The monoisotopic (exact) mass is 375 g/mol. The third-order valence-electron chi connectivity index (χ3n) is 5.41. The molecular formula is C20H29N3O4. The van der Waals surface area contributed by atoms with E-state index in [0.29, 0.717) is 44.1 Å². The summed E-state index contributed by atoms with van der Waals surface area (Å²) < 4.78 is 10.8. The molecule has 1 atom stereocenters. The predicted octanol–water partition coefficient (Wildman–Crippen LogP) is 0.999. The molecule has 0 aliphatic carbocycles. The van der Waals surface area contributed by atoms with Gasteiger partial charge < -0.3 is 24.2 Å². The van der Waals surface area contributed by atoms with Gasteiger partial charge in [0.1, 0.15) is 0 Å². The summed E-state index contributed by atoms with van der Waals surface area (Å²) in [5, 5.41) is 0. The Hall–Kier alpha value is -2.28. The van der Waals surface area contributed by atoms with Gasteiger partial charge in [-0.1, -0.05) is 0 Å². The molecule has 0 saturated carbocycles. The molecule has 1 unspecified atom stereocenters. The largest absolute Gasteiger partial charge is 0.493 e. The van der Waals surface area contributed by atoms with Crippen molar-refractivity contribution in [1.29, 1.82) is 0 Å². The van der Waals surface area contributed by atoms with Crippen molar-refractivity contribution in [3.63, 3.8) is 0 Å². The molecule has 0 spiro atoms. The fourth-order valence-corrected chi connectivity index (χ4v) is 3.80. The SMILES string of the molecule is COc1cc2c(cc1OC)CN(C(=O)C1CC(=O)N(CCN(C)C)C1)CC2. The average Bonchev–Trinajstić information content (AvgIpc) is 3.04. The van der Waals surface area contributed by atoms with Crippen molar-refractivity contribution >= 4 is 11.8 Å². The van der Waals surface area contributed by atoms with Gasteiger partial charge in [-0.25, -0.2) is 0 Å². The Balaban J connectivity index is 1.66. The van der Waals surface area contributed by atoms with Crippen LogP contribution in [0.25, 0.3) is 0 Å². The number of likely N-dealkylation sites (tertiary alicyclic amines) is 1. The molecular weight excluding hydrogens is 346 g/mol. The highest BCUT2D eigenvalue weighted by molar-refractivity contribution is 5.89. The molecule has 0 aromatic heterocycles. The second kappa shape index (κ2) is 8.17. The standard InChI is InChI=1S/C20H29N3O4/c1-21(2)7-8-22-13-16(11-19(22)24)20(25)23-6-5-14-9-17(26-3)18(27-4)10-15(14)12-23/h9-10,16H,5-8,11-13H2,1-4H3. The average molecular weight is 375 g/mol. The van der Waals surface area contributed by atoms with Crippen molar-refractivity contribution in [3.8, 4) is 11.5 Å². The molecule has 0 bridgehead atoms. The molecule has 3 rings (SSSR count). The van der Waals surface area contributed by atoms with E-state index in [4.69, 9.17) is 9.47 Å². The highest BCUT2D eigenvalue weighted by Gasteiger charge is 2.37. The number of likely N-dealkylation sites (N-methyl/N-ethyl adjacent to an activating group) is 1. The lowest BCUT2D eigenvalue weighted by molar-refractivity contribution is -0.136. The van der Waals surface area contributed by atoms with Crippen molar-refractivity contribution in [1.82, 2.24) is 14.7 Å². The number of nitrogens with zero attached hydrogens (tertiary/aromatic N) is 3. The number of hydrogen-bond acceptors (Lipinski definition) is 5. The molecule has 1 fully saturated rings. The first-order valence-corrected chi connectivity index (χ1v) is 9.38. The number of rotatable bonds is 6. The lowest BCUT2D eigenvalue weighted by atomic mass is 9.97. The minimum atomic E-state index is -0.235. The Kier molecular flexibility index (Phi) is 5.89. The van der Waals surface area contributed by atoms with Crippen LogP contribution in [0.1, 0.15) is 17.5 Å². The van der Waals surface area contributed by atoms with E-state index < -0.39 is 0 Å². The summed E-state index contributed by atoms with van der Waals surface area (Å²) in [6.07, 6.45) is 1.11. The summed E-state index contributed by atoms with van der Waals surface area (Å²) in [4.78, 5) is 31.0. The molecule has 7 heteroatoms. The Morgan fingerprint density at radius 2 is 1.85 bits per heavy atom. The molecule has 1 aromatic carbocycles. The van der Waals surface area contributed by atoms with Crippen molar-refractivity contribution in [2.45, 2.75) is 19.4 Å². The van der Waals surface area contributed by atoms with E-state index in [2.05, 4.69) is 0 Å². The molecule has 1 saturated heterocycles. The van der Waals surface area contributed by atoms with Crippen LogP contribution in [-0.4, -0.2) is 81.0 Å². The van der Waals surface area contributed by atoms with E-state index in [9.17, 15) is 9.59 Å². The second-order valence-electron chi connectivity index (χ2n) is 7.53. The van der Waals surface area contributed by atoms with Gasteiger partial charge in [-0.05, 0) is 43.8 Å². The fourth-order valence-electron chi connectivity index (χ4n) is 3.80. The third-order valence-corrected chi connectivity index (χ3v) is 5.41. The van der Waals surface area contributed by atoms with Gasteiger partial charge in [-0.2, -0.15) is 0 Å². The Labute approximate surface area is 160 Å². The summed E-state index contributed by atoms with van der Waals surface area (Å²) >= 11 is 0. The number of fused-ring (bicyclic) bond motifs is 1. The van der Waals surface area contributed by atoms with Gasteiger partial charge in [0.25, 0.3) is 0 Å². The number of carbonyl (C=O) groups is 2. The van der Waals surface area contributed by atoms with Gasteiger partial charge >= 0.3 is 0 Å². The number of methoxy groups -OCH3 is 2. The summed E-state index contributed by atoms with van der Waals surface area (Å²) in [7, 11) is 7.21. The molecule has 2 amide bonds. The smallest absolute Gasteiger partial charge is 0.228 e. The van der Waals surface area contributed by atoms with E-state index in [0.717, 1.165) is 18.5 Å². The molecule has 1 aromatic rings. The lowest BCUT2D eigenvalue weighted by Crippen LogP contribution is -2.41. The maximum Gasteiger partial charge on any atom is 0.228 e. The lowest BCUT2D eigenvalue weighted by Gasteiger charge is -2.31. The molecule has 0 radical (unpaired) electrons. The van der Waals surface area contributed by atoms with Crippen molar-refractivity contribution < 1.29 is 19.1 Å². The Bertz CT molecular complexity index is 719. The highest BCUT2D eigenvalue weighted by atomic mass is 16.5. The fraction of sp³-hybridized carbons (Fsp3) is 0.600. The summed E-state index contributed by atoms with van der Waals surface area (Å²) in [6.45, 7) is 3.24. The molecule has 7 nitrogen and oxygen atoms in total. The predicted molar refractivity (Wildman–Crippen MR) is 102 cm³/mol. The zero-order chi connectivity index (χ0) is 19.6. The van der Waals surface area contributed by atoms with Gasteiger partial charge in [0.2, 0.25) is 11.8 Å². The van der Waals surface area contributed by atoms with Crippen LogP contribution in [0.4, 0.5) is 0 Å². The van der Waals surface area contributed by atoms with Crippen molar-refractivity contribution in [2.24, 2.45) is 5.92 Å². The first-order valence-electron chi connectivity index (χ1n) is 9.38. The van der Waals surface area contributed by atoms with Gasteiger partial charge in [0, 0.05) is 39.1 Å². The Morgan fingerprint density at radius 1 is 1.19 bits per heavy atom. The number of hydrogen-bond donors (Lipinski definition) is 0. The van der Waals surface area contributed by atoms with E-state index in [-0.39, 0.29) is 17.7 Å². The van der Waals surface area contributed by atoms with Crippen LogP contribution in [-0.2, 0) is 22.6 Å². The molecule has 0 N–H and O–H groups in total. The van der Waals surface area contributed by atoms with E-state index in [1.165, 1.54) is 5.56 Å². The molecule has 2 aliphatic rings. The third kappa shape index (κ3) is 4.18. The van der Waals surface area contributed by atoms with E-state index >= 15 is 0 Å². The molecule has 148 valence electrons. The van der Waals surface area contributed by atoms with Gasteiger partial charge in [-0.15, -0.1) is 0 Å². The number of ether oxygens (including phenoxy) is 2. The van der Waals surface area contributed by atoms with Crippen LogP contribution in [0.2, 0.25) is 0 Å². The minimum Gasteiger partial charge on any atom is -0.493 e. The second-order valence-corrected chi connectivity index (χ2v) is 7.53. The van der Waals surface area contributed by atoms with Crippen LogP contribution in [0.5, 0.6) is 11.5 Å². The zero-order valence-corrected chi connectivity index (χ0v) is 16.7. The molecule has 2 aliphatic heterocycles. The van der Waals surface area contributed by atoms with Gasteiger partial charge in [0.05, 0.1) is 20.1 Å². The van der Waals surface area contributed by atoms with Crippen molar-refractivity contribution in [2.75, 3.05) is 54.5 Å². The van der Waals surface area contributed by atoms with Crippen molar-refractivity contribution in [3.05, 3.63) is 23.3 Å². The minimum absolute atomic E-state index is 0.0798. The van der Waals surface area contributed by atoms with Crippen LogP contribution in [0, 0.1) is 5.92 Å². The summed E-state index contributed by atoms with van der Waals surface area (Å²) in [5.41, 5.74) is 2.27. The van der Waals surface area contributed by atoms with Crippen LogP contribution in [0.15, 0.2) is 12.1 Å². The van der Waals surface area contributed by atoms with E-state index in [1.807, 2.05) is 40.9 Å². The molecule has 2 heterocycles.